The molecule has 3 aliphatic rings. The highest BCUT2D eigenvalue weighted by Crippen LogP contribution is 2.33. The summed E-state index contributed by atoms with van der Waals surface area (Å²) in [5.41, 5.74) is 1.40. The van der Waals surface area contributed by atoms with Gasteiger partial charge in [-0.1, -0.05) is 18.2 Å². The molecule has 2 aromatic carbocycles. The van der Waals surface area contributed by atoms with Crippen molar-refractivity contribution in [3.05, 3.63) is 59.9 Å². The lowest BCUT2D eigenvalue weighted by molar-refractivity contribution is -0.119. The number of cyclic esters (lactones) is 1. The van der Waals surface area contributed by atoms with E-state index in [1.807, 2.05) is 28.0 Å². The van der Waals surface area contributed by atoms with E-state index < -0.39 is 18.0 Å². The molecule has 1 N–H and O–H groups in total. The molecule has 10 heteroatoms. The Morgan fingerprint density at radius 1 is 1.11 bits per heavy atom. The molecule has 0 aliphatic carbocycles. The molecule has 184 valence electrons. The third kappa shape index (κ3) is 4.66. The number of benzene rings is 2. The lowest BCUT2D eigenvalue weighted by atomic mass is 10.1. The molecule has 0 saturated carbocycles. The molecule has 2 aromatic rings. The van der Waals surface area contributed by atoms with E-state index in [-0.39, 0.29) is 37.0 Å². The normalized spacial score (nSPS) is 23.8. The predicted molar refractivity (Wildman–Crippen MR) is 126 cm³/mol. The number of anilines is 2. The van der Waals surface area contributed by atoms with Crippen molar-refractivity contribution in [2.75, 3.05) is 49.1 Å². The number of carbonyl (C=O) groups is 3. The van der Waals surface area contributed by atoms with Crippen molar-refractivity contribution in [3.8, 4) is 0 Å². The van der Waals surface area contributed by atoms with Crippen LogP contribution >= 0.6 is 0 Å². The molecular formula is C25H27FN4O5. The standard InChI is InChI=1S/C25H27FN4O5/c1-16(31)27-12-19-13-30(25(33)35-19)18-7-8-21(20(26)11-18)28-14-22-23(15-28)34-10-9-29(22)24(32)17-5-3-2-4-6-17/h2-8,11,19,22-23H,9-10,12-15H2,1H3,(H,27,31). The van der Waals surface area contributed by atoms with Crippen LogP contribution in [0.3, 0.4) is 0 Å². The summed E-state index contributed by atoms with van der Waals surface area (Å²) >= 11 is 0. The first-order valence-electron chi connectivity index (χ1n) is 11.7. The third-order valence-electron chi connectivity index (χ3n) is 6.62. The first-order valence-corrected chi connectivity index (χ1v) is 11.7. The summed E-state index contributed by atoms with van der Waals surface area (Å²) in [5, 5.41) is 2.62. The number of rotatable bonds is 5. The molecule has 9 nitrogen and oxygen atoms in total. The number of carbonyl (C=O) groups excluding carboxylic acids is 3. The summed E-state index contributed by atoms with van der Waals surface area (Å²) in [7, 11) is 0. The van der Waals surface area contributed by atoms with E-state index in [2.05, 4.69) is 5.32 Å². The Bertz CT molecular complexity index is 1130. The van der Waals surface area contributed by atoms with Gasteiger partial charge in [-0.2, -0.15) is 0 Å². The maximum atomic E-state index is 15.2. The maximum Gasteiger partial charge on any atom is 0.414 e. The van der Waals surface area contributed by atoms with E-state index in [0.29, 0.717) is 43.2 Å². The Morgan fingerprint density at radius 2 is 1.91 bits per heavy atom. The van der Waals surface area contributed by atoms with Gasteiger partial charge in [0, 0.05) is 32.1 Å². The molecule has 35 heavy (non-hydrogen) atoms. The minimum atomic E-state index is -0.580. The van der Waals surface area contributed by atoms with Gasteiger partial charge in [0.15, 0.2) is 0 Å². The van der Waals surface area contributed by atoms with Crippen LogP contribution in [-0.4, -0.2) is 80.4 Å². The quantitative estimate of drug-likeness (QED) is 0.701. The van der Waals surface area contributed by atoms with Crippen LogP contribution in [0, 0.1) is 5.82 Å². The van der Waals surface area contributed by atoms with Gasteiger partial charge in [-0.05, 0) is 30.3 Å². The van der Waals surface area contributed by atoms with E-state index in [4.69, 9.17) is 9.47 Å². The van der Waals surface area contributed by atoms with Gasteiger partial charge >= 0.3 is 6.09 Å². The van der Waals surface area contributed by atoms with Crippen molar-refractivity contribution in [2.45, 2.75) is 25.2 Å². The molecule has 3 atom stereocenters. The first-order chi connectivity index (χ1) is 16.9. The minimum absolute atomic E-state index is 0.0528. The van der Waals surface area contributed by atoms with Crippen LogP contribution in [0.4, 0.5) is 20.6 Å². The zero-order valence-electron chi connectivity index (χ0n) is 19.4. The Hall–Kier alpha value is -3.66. The largest absolute Gasteiger partial charge is 0.442 e. The fraction of sp³-hybridized carbons (Fsp3) is 0.400. The second kappa shape index (κ2) is 9.53. The monoisotopic (exact) mass is 482 g/mol. The summed E-state index contributed by atoms with van der Waals surface area (Å²) in [4.78, 5) is 41.5. The van der Waals surface area contributed by atoms with Crippen molar-refractivity contribution < 1.29 is 28.2 Å². The van der Waals surface area contributed by atoms with Gasteiger partial charge in [0.05, 0.1) is 43.2 Å². The lowest BCUT2D eigenvalue weighted by Gasteiger charge is -2.36. The van der Waals surface area contributed by atoms with Crippen LogP contribution < -0.4 is 15.1 Å². The highest BCUT2D eigenvalue weighted by atomic mass is 19.1. The summed E-state index contributed by atoms with van der Waals surface area (Å²) in [6.07, 6.45) is -1.29. The zero-order valence-corrected chi connectivity index (χ0v) is 19.4. The Kier molecular flexibility index (Phi) is 6.29. The van der Waals surface area contributed by atoms with E-state index in [1.165, 1.54) is 17.9 Å². The molecular weight excluding hydrogens is 455 g/mol. The Balaban J connectivity index is 1.29. The maximum absolute atomic E-state index is 15.2. The SMILES string of the molecule is CC(=O)NCC1CN(c2ccc(N3CC4OCCN(C(=O)c5ccccc5)C4C3)c(F)c2)C(=O)O1. The lowest BCUT2D eigenvalue weighted by Crippen LogP contribution is -2.53. The van der Waals surface area contributed by atoms with E-state index in [1.54, 1.807) is 24.3 Å². The van der Waals surface area contributed by atoms with Crippen molar-refractivity contribution in [2.24, 2.45) is 0 Å². The molecule has 0 spiro atoms. The fourth-order valence-corrected chi connectivity index (χ4v) is 4.90. The van der Waals surface area contributed by atoms with Crippen molar-refractivity contribution >= 4 is 29.3 Å². The van der Waals surface area contributed by atoms with Gasteiger partial charge in [0.2, 0.25) is 5.91 Å². The van der Waals surface area contributed by atoms with Crippen LogP contribution in [0.15, 0.2) is 48.5 Å². The summed E-state index contributed by atoms with van der Waals surface area (Å²) in [6.45, 7) is 3.64. The molecule has 3 saturated heterocycles. The van der Waals surface area contributed by atoms with Crippen LogP contribution in [0.1, 0.15) is 17.3 Å². The molecule has 3 amide bonds. The van der Waals surface area contributed by atoms with Crippen molar-refractivity contribution in [1.29, 1.82) is 0 Å². The highest BCUT2D eigenvalue weighted by molar-refractivity contribution is 5.94. The van der Waals surface area contributed by atoms with Gasteiger partial charge in [-0.3, -0.25) is 14.5 Å². The first kappa shape index (κ1) is 23.1. The van der Waals surface area contributed by atoms with E-state index >= 15 is 4.39 Å². The number of hydrogen-bond acceptors (Lipinski definition) is 6. The topological polar surface area (TPSA) is 91.4 Å². The highest BCUT2D eigenvalue weighted by Gasteiger charge is 2.43. The van der Waals surface area contributed by atoms with Gasteiger partial charge < -0.3 is 24.6 Å². The van der Waals surface area contributed by atoms with Crippen LogP contribution in [0.5, 0.6) is 0 Å². The average molecular weight is 483 g/mol. The fourth-order valence-electron chi connectivity index (χ4n) is 4.90. The number of hydrogen-bond donors (Lipinski definition) is 1. The minimum Gasteiger partial charge on any atom is -0.442 e. The summed E-state index contributed by atoms with van der Waals surface area (Å²) < 4.78 is 26.4. The van der Waals surface area contributed by atoms with Crippen LogP contribution in [0.2, 0.25) is 0 Å². The molecule has 5 rings (SSSR count). The van der Waals surface area contributed by atoms with Gasteiger partial charge in [-0.15, -0.1) is 0 Å². The molecule has 0 radical (unpaired) electrons. The molecule has 0 aromatic heterocycles. The van der Waals surface area contributed by atoms with Crippen LogP contribution in [-0.2, 0) is 14.3 Å². The summed E-state index contributed by atoms with van der Waals surface area (Å²) in [6, 6.07) is 13.6. The number of nitrogens with zero attached hydrogens (tertiary/aromatic N) is 3. The Labute approximate surface area is 202 Å². The predicted octanol–water partition coefficient (Wildman–Crippen LogP) is 2.02. The van der Waals surface area contributed by atoms with E-state index in [0.717, 1.165) is 0 Å². The van der Waals surface area contributed by atoms with Gasteiger partial charge in [0.25, 0.3) is 5.91 Å². The number of fused-ring (bicyclic) bond motifs is 1. The zero-order chi connectivity index (χ0) is 24.5. The average Bonchev–Trinajstić information content (AvgIpc) is 3.46. The third-order valence-corrected chi connectivity index (χ3v) is 6.62. The second-order valence-corrected chi connectivity index (χ2v) is 8.94. The second-order valence-electron chi connectivity index (χ2n) is 8.94. The smallest absolute Gasteiger partial charge is 0.414 e. The molecule has 3 unspecified atom stereocenters. The van der Waals surface area contributed by atoms with E-state index in [9.17, 15) is 14.4 Å². The molecule has 3 fully saturated rings. The number of nitrogens with one attached hydrogen (secondary N) is 1. The molecule has 3 aliphatic heterocycles. The number of halogens is 1. The van der Waals surface area contributed by atoms with Crippen molar-refractivity contribution in [1.82, 2.24) is 10.2 Å². The van der Waals surface area contributed by atoms with Crippen LogP contribution in [0.25, 0.3) is 0 Å². The number of ether oxygens (including phenoxy) is 2. The van der Waals surface area contributed by atoms with Gasteiger partial charge in [-0.25, -0.2) is 9.18 Å². The number of morpholine rings is 1. The van der Waals surface area contributed by atoms with Gasteiger partial charge in [0.1, 0.15) is 11.9 Å². The van der Waals surface area contributed by atoms with Crippen molar-refractivity contribution in [3.63, 3.8) is 0 Å². The molecule has 0 bridgehead atoms. The Morgan fingerprint density at radius 3 is 2.66 bits per heavy atom. The summed E-state index contributed by atoms with van der Waals surface area (Å²) in [5.74, 6) is -0.739. The molecule has 3 heterocycles. The number of amides is 3.